The molecular formula is C14H15ClN2O4S. The minimum atomic E-state index is -3.11. The van der Waals surface area contributed by atoms with Crippen molar-refractivity contribution >= 4 is 38.4 Å². The van der Waals surface area contributed by atoms with Crippen molar-refractivity contribution in [2.45, 2.75) is 19.4 Å². The second kappa shape index (κ2) is 5.55. The van der Waals surface area contributed by atoms with Crippen LogP contribution in [0.2, 0.25) is 5.02 Å². The standard InChI is InChI=1S/C14H15ClN2O4S/c1-8(21-14(18)9-4-5-22(19,20)7-9)13-16-11-3-2-10(15)6-12(11)17-13/h2-3,6,8-9H,4-5,7H2,1H3,(H,16,17)/t8-,9+/m1/s1. The number of benzene rings is 1. The summed E-state index contributed by atoms with van der Waals surface area (Å²) in [5.41, 5.74) is 1.49. The fourth-order valence-corrected chi connectivity index (χ4v) is 4.40. The summed E-state index contributed by atoms with van der Waals surface area (Å²) < 4.78 is 28.2. The number of carbonyl (C=O) groups is 1. The number of H-pyrrole nitrogens is 1. The fourth-order valence-electron chi connectivity index (χ4n) is 2.50. The van der Waals surface area contributed by atoms with Gasteiger partial charge in [0, 0.05) is 5.02 Å². The van der Waals surface area contributed by atoms with Gasteiger partial charge in [0.2, 0.25) is 0 Å². The minimum Gasteiger partial charge on any atom is -0.454 e. The largest absolute Gasteiger partial charge is 0.454 e. The summed E-state index contributed by atoms with van der Waals surface area (Å²) in [4.78, 5) is 19.4. The van der Waals surface area contributed by atoms with E-state index in [1.165, 1.54) is 0 Å². The Balaban J connectivity index is 1.73. The van der Waals surface area contributed by atoms with E-state index in [0.717, 1.165) is 11.0 Å². The molecule has 1 aromatic carbocycles. The summed E-state index contributed by atoms with van der Waals surface area (Å²) in [6.45, 7) is 1.70. The number of ether oxygens (including phenoxy) is 1. The van der Waals surface area contributed by atoms with Gasteiger partial charge >= 0.3 is 5.97 Å². The third-order valence-corrected chi connectivity index (χ3v) is 5.71. The number of nitrogens with one attached hydrogen (secondary N) is 1. The van der Waals surface area contributed by atoms with Gasteiger partial charge in [-0.25, -0.2) is 13.4 Å². The molecule has 0 saturated carbocycles. The highest BCUT2D eigenvalue weighted by Crippen LogP contribution is 2.25. The molecule has 1 saturated heterocycles. The van der Waals surface area contributed by atoms with E-state index in [1.54, 1.807) is 25.1 Å². The molecule has 0 bridgehead atoms. The molecule has 1 N–H and O–H groups in total. The van der Waals surface area contributed by atoms with E-state index in [-0.39, 0.29) is 11.5 Å². The van der Waals surface area contributed by atoms with Crippen molar-refractivity contribution in [3.05, 3.63) is 29.0 Å². The number of hydrogen-bond donors (Lipinski definition) is 1. The lowest BCUT2D eigenvalue weighted by molar-refractivity contribution is -0.153. The van der Waals surface area contributed by atoms with Gasteiger partial charge in [-0.05, 0) is 31.5 Å². The van der Waals surface area contributed by atoms with Crippen LogP contribution in [0.25, 0.3) is 11.0 Å². The van der Waals surface area contributed by atoms with E-state index >= 15 is 0 Å². The Kier molecular flexibility index (Phi) is 3.86. The predicted molar refractivity (Wildman–Crippen MR) is 82.4 cm³/mol. The molecule has 8 heteroatoms. The van der Waals surface area contributed by atoms with Gasteiger partial charge in [-0.1, -0.05) is 11.6 Å². The topological polar surface area (TPSA) is 89.1 Å². The normalized spacial score (nSPS) is 21.8. The van der Waals surface area contributed by atoms with Crippen molar-refractivity contribution in [1.82, 2.24) is 9.97 Å². The number of hydrogen-bond acceptors (Lipinski definition) is 5. The SMILES string of the molecule is C[C@@H](OC(=O)[C@H]1CCS(=O)(=O)C1)c1nc2ccc(Cl)cc2[nH]1. The molecule has 1 fully saturated rings. The molecule has 6 nitrogen and oxygen atoms in total. The summed E-state index contributed by atoms with van der Waals surface area (Å²) in [5.74, 6) is -0.650. The molecular weight excluding hydrogens is 328 g/mol. The van der Waals surface area contributed by atoms with Crippen LogP contribution >= 0.6 is 11.6 Å². The van der Waals surface area contributed by atoms with E-state index in [4.69, 9.17) is 16.3 Å². The van der Waals surface area contributed by atoms with Crippen molar-refractivity contribution in [2.75, 3.05) is 11.5 Å². The summed E-state index contributed by atoms with van der Waals surface area (Å²) in [6, 6.07) is 5.25. The zero-order valence-electron chi connectivity index (χ0n) is 11.9. The summed E-state index contributed by atoms with van der Waals surface area (Å²) in [7, 11) is -3.11. The lowest BCUT2D eigenvalue weighted by Gasteiger charge is -2.13. The van der Waals surface area contributed by atoms with Crippen LogP contribution < -0.4 is 0 Å². The Hall–Kier alpha value is -1.60. The number of imidazole rings is 1. The number of aromatic amines is 1. The number of esters is 1. The summed E-state index contributed by atoms with van der Waals surface area (Å²) in [5, 5.41) is 0.587. The van der Waals surface area contributed by atoms with Gasteiger partial charge in [0.1, 0.15) is 5.82 Å². The average molecular weight is 343 g/mol. The first-order valence-electron chi connectivity index (χ1n) is 6.90. The van der Waals surface area contributed by atoms with Gasteiger partial charge in [0.25, 0.3) is 0 Å². The molecule has 118 valence electrons. The predicted octanol–water partition coefficient (Wildman–Crippen LogP) is 2.26. The molecule has 1 aliphatic rings. The smallest absolute Gasteiger partial charge is 0.310 e. The lowest BCUT2D eigenvalue weighted by Crippen LogP contribution is -2.20. The molecule has 2 atom stereocenters. The maximum absolute atomic E-state index is 12.0. The number of halogens is 1. The maximum atomic E-state index is 12.0. The fraction of sp³-hybridized carbons (Fsp3) is 0.429. The average Bonchev–Trinajstić information content (AvgIpc) is 3.01. The third-order valence-electron chi connectivity index (χ3n) is 3.71. The van der Waals surface area contributed by atoms with Crippen LogP contribution in [0.4, 0.5) is 0 Å². The van der Waals surface area contributed by atoms with E-state index < -0.39 is 27.8 Å². The number of sulfone groups is 1. The van der Waals surface area contributed by atoms with Crippen molar-refractivity contribution in [3.8, 4) is 0 Å². The van der Waals surface area contributed by atoms with E-state index in [9.17, 15) is 13.2 Å². The Labute approximate surface area is 132 Å². The summed E-state index contributed by atoms with van der Waals surface area (Å²) in [6.07, 6.45) is -0.258. The number of aromatic nitrogens is 2. The molecule has 1 aromatic heterocycles. The quantitative estimate of drug-likeness (QED) is 0.864. The van der Waals surface area contributed by atoms with Gasteiger partial charge < -0.3 is 9.72 Å². The van der Waals surface area contributed by atoms with Crippen LogP contribution in [-0.2, 0) is 19.4 Å². The highest BCUT2D eigenvalue weighted by Gasteiger charge is 2.35. The van der Waals surface area contributed by atoms with Crippen LogP contribution in [-0.4, -0.2) is 35.9 Å². The molecule has 22 heavy (non-hydrogen) atoms. The molecule has 2 aromatic rings. The highest BCUT2D eigenvalue weighted by molar-refractivity contribution is 7.91. The van der Waals surface area contributed by atoms with Crippen LogP contribution in [0.1, 0.15) is 25.3 Å². The Bertz CT molecular complexity index is 830. The number of carbonyl (C=O) groups excluding carboxylic acids is 1. The molecule has 0 amide bonds. The van der Waals surface area contributed by atoms with Crippen molar-refractivity contribution < 1.29 is 17.9 Å². The molecule has 2 heterocycles. The van der Waals surface area contributed by atoms with Gasteiger partial charge in [-0.15, -0.1) is 0 Å². The van der Waals surface area contributed by atoms with E-state index in [1.807, 2.05) is 0 Å². The molecule has 1 aliphatic heterocycles. The van der Waals surface area contributed by atoms with Crippen LogP contribution in [0.3, 0.4) is 0 Å². The first-order chi connectivity index (χ1) is 10.3. The van der Waals surface area contributed by atoms with Crippen molar-refractivity contribution in [3.63, 3.8) is 0 Å². The van der Waals surface area contributed by atoms with Gasteiger partial charge in [-0.2, -0.15) is 0 Å². The monoisotopic (exact) mass is 342 g/mol. The minimum absolute atomic E-state index is 0.0459. The molecule has 0 aliphatic carbocycles. The number of fused-ring (bicyclic) bond motifs is 1. The van der Waals surface area contributed by atoms with Crippen LogP contribution in [0.15, 0.2) is 18.2 Å². The lowest BCUT2D eigenvalue weighted by atomic mass is 10.1. The Morgan fingerprint density at radius 1 is 1.50 bits per heavy atom. The van der Waals surface area contributed by atoms with Crippen LogP contribution in [0, 0.1) is 5.92 Å². The van der Waals surface area contributed by atoms with E-state index in [0.29, 0.717) is 17.3 Å². The first kappa shape index (κ1) is 15.3. The second-order valence-electron chi connectivity index (χ2n) is 5.46. The zero-order chi connectivity index (χ0) is 15.9. The number of nitrogens with zero attached hydrogens (tertiary/aromatic N) is 1. The van der Waals surface area contributed by atoms with E-state index in [2.05, 4.69) is 9.97 Å². The zero-order valence-corrected chi connectivity index (χ0v) is 13.4. The van der Waals surface area contributed by atoms with Gasteiger partial charge in [0.05, 0.1) is 28.5 Å². The maximum Gasteiger partial charge on any atom is 0.310 e. The summed E-state index contributed by atoms with van der Waals surface area (Å²) >= 11 is 5.91. The molecule has 0 spiro atoms. The first-order valence-corrected chi connectivity index (χ1v) is 9.10. The number of rotatable bonds is 3. The molecule has 0 radical (unpaired) electrons. The van der Waals surface area contributed by atoms with Crippen LogP contribution in [0.5, 0.6) is 0 Å². The highest BCUT2D eigenvalue weighted by atomic mass is 35.5. The molecule has 0 unspecified atom stereocenters. The van der Waals surface area contributed by atoms with Gasteiger partial charge in [-0.3, -0.25) is 4.79 Å². The van der Waals surface area contributed by atoms with Crippen molar-refractivity contribution in [1.29, 1.82) is 0 Å². The Morgan fingerprint density at radius 2 is 2.27 bits per heavy atom. The second-order valence-corrected chi connectivity index (χ2v) is 8.13. The molecule has 3 rings (SSSR count). The van der Waals surface area contributed by atoms with Gasteiger partial charge in [0.15, 0.2) is 15.9 Å². The Morgan fingerprint density at radius 3 is 2.95 bits per heavy atom. The third kappa shape index (κ3) is 3.10. The van der Waals surface area contributed by atoms with Crippen molar-refractivity contribution in [2.24, 2.45) is 5.92 Å².